The van der Waals surface area contributed by atoms with Crippen LogP contribution in [0.1, 0.15) is 29.8 Å². The first-order valence-electron chi connectivity index (χ1n) is 4.94. The molecule has 2 N–H and O–H groups in total. The van der Waals surface area contributed by atoms with Gasteiger partial charge in [0, 0.05) is 11.1 Å². The molecule has 0 saturated heterocycles. The van der Waals surface area contributed by atoms with Crippen molar-refractivity contribution in [1.82, 2.24) is 0 Å². The molecular weight excluding hydrogens is 206 g/mol. The van der Waals surface area contributed by atoms with E-state index >= 15 is 0 Å². The third kappa shape index (κ3) is 2.33. The van der Waals surface area contributed by atoms with Gasteiger partial charge < -0.3 is 15.2 Å². The van der Waals surface area contributed by atoms with Crippen molar-refractivity contribution in [1.29, 1.82) is 0 Å². The van der Waals surface area contributed by atoms with Gasteiger partial charge in [-0.05, 0) is 31.5 Å². The molecule has 1 rings (SSSR count). The van der Waals surface area contributed by atoms with E-state index in [9.17, 15) is 4.79 Å². The van der Waals surface area contributed by atoms with E-state index in [0.29, 0.717) is 17.1 Å². The minimum absolute atomic E-state index is 0.519. The zero-order chi connectivity index (χ0) is 12.3. The molecule has 0 aliphatic rings. The molecule has 0 saturated carbocycles. The van der Waals surface area contributed by atoms with Crippen LogP contribution >= 0.6 is 0 Å². The molecule has 0 atom stereocenters. The second-order valence-electron chi connectivity index (χ2n) is 4.13. The summed E-state index contributed by atoms with van der Waals surface area (Å²) in [7, 11) is 3.07. The number of hydrogen-bond acceptors (Lipinski definition) is 4. The maximum absolute atomic E-state index is 11.0. The summed E-state index contributed by atoms with van der Waals surface area (Å²) in [5, 5.41) is 0. The number of rotatable bonds is 4. The SMILES string of the molecule is COc1cc(C=O)c(C(C)(C)N)cc1OC. The van der Waals surface area contributed by atoms with Crippen LogP contribution in [0.2, 0.25) is 0 Å². The van der Waals surface area contributed by atoms with Gasteiger partial charge in [0.1, 0.15) is 0 Å². The van der Waals surface area contributed by atoms with Gasteiger partial charge in [-0.1, -0.05) is 0 Å². The fourth-order valence-corrected chi connectivity index (χ4v) is 1.55. The van der Waals surface area contributed by atoms with Crippen molar-refractivity contribution in [2.75, 3.05) is 14.2 Å². The van der Waals surface area contributed by atoms with Crippen molar-refractivity contribution in [3.05, 3.63) is 23.3 Å². The largest absolute Gasteiger partial charge is 0.493 e. The van der Waals surface area contributed by atoms with Crippen molar-refractivity contribution in [3.8, 4) is 11.5 Å². The minimum atomic E-state index is -0.601. The van der Waals surface area contributed by atoms with Gasteiger partial charge in [-0.3, -0.25) is 4.79 Å². The van der Waals surface area contributed by atoms with E-state index < -0.39 is 5.54 Å². The summed E-state index contributed by atoms with van der Waals surface area (Å²) in [6, 6.07) is 3.37. The van der Waals surface area contributed by atoms with Gasteiger partial charge in [0.15, 0.2) is 17.8 Å². The minimum Gasteiger partial charge on any atom is -0.493 e. The molecule has 0 unspecified atom stereocenters. The first kappa shape index (κ1) is 12.5. The van der Waals surface area contributed by atoms with Gasteiger partial charge >= 0.3 is 0 Å². The standard InChI is InChI=1S/C12H17NO3/c1-12(2,13)9-6-11(16-4)10(15-3)5-8(9)7-14/h5-7H,13H2,1-4H3. The van der Waals surface area contributed by atoms with Gasteiger partial charge in [-0.25, -0.2) is 0 Å². The number of methoxy groups -OCH3 is 2. The van der Waals surface area contributed by atoms with Gasteiger partial charge in [0.05, 0.1) is 14.2 Å². The quantitative estimate of drug-likeness (QED) is 0.789. The van der Waals surface area contributed by atoms with Crippen LogP contribution in [0.15, 0.2) is 12.1 Å². The maximum Gasteiger partial charge on any atom is 0.161 e. The normalized spacial score (nSPS) is 11.1. The number of carbonyl (C=O) groups is 1. The second-order valence-corrected chi connectivity index (χ2v) is 4.13. The van der Waals surface area contributed by atoms with Crippen molar-refractivity contribution in [3.63, 3.8) is 0 Å². The lowest BCUT2D eigenvalue weighted by Crippen LogP contribution is -2.30. The summed E-state index contributed by atoms with van der Waals surface area (Å²) in [5.74, 6) is 1.10. The smallest absolute Gasteiger partial charge is 0.161 e. The Kier molecular flexibility index (Phi) is 3.55. The fourth-order valence-electron chi connectivity index (χ4n) is 1.55. The van der Waals surface area contributed by atoms with Crippen LogP contribution in [0.25, 0.3) is 0 Å². The second kappa shape index (κ2) is 4.53. The summed E-state index contributed by atoms with van der Waals surface area (Å²) in [4.78, 5) is 11.0. The fraction of sp³-hybridized carbons (Fsp3) is 0.417. The van der Waals surface area contributed by atoms with Crippen molar-refractivity contribution in [2.45, 2.75) is 19.4 Å². The van der Waals surface area contributed by atoms with Crippen LogP contribution in [0.5, 0.6) is 11.5 Å². The molecule has 4 nitrogen and oxygen atoms in total. The van der Waals surface area contributed by atoms with Gasteiger partial charge in [-0.15, -0.1) is 0 Å². The Morgan fingerprint density at radius 3 is 2.06 bits per heavy atom. The summed E-state index contributed by atoms with van der Waals surface area (Å²) >= 11 is 0. The zero-order valence-electron chi connectivity index (χ0n) is 10.0. The third-order valence-electron chi connectivity index (χ3n) is 2.38. The molecule has 1 aromatic rings. The first-order valence-corrected chi connectivity index (χ1v) is 4.94. The lowest BCUT2D eigenvalue weighted by atomic mass is 9.91. The van der Waals surface area contributed by atoms with Crippen LogP contribution in [-0.4, -0.2) is 20.5 Å². The molecule has 0 radical (unpaired) electrons. The third-order valence-corrected chi connectivity index (χ3v) is 2.38. The van der Waals surface area contributed by atoms with Gasteiger partial charge in [0.2, 0.25) is 0 Å². The average molecular weight is 223 g/mol. The summed E-state index contributed by atoms with van der Waals surface area (Å²) in [6.07, 6.45) is 0.770. The number of benzene rings is 1. The predicted octanol–water partition coefficient (Wildman–Crippen LogP) is 1.71. The van der Waals surface area contributed by atoms with E-state index in [1.165, 1.54) is 7.11 Å². The number of nitrogens with two attached hydrogens (primary N) is 1. The summed E-state index contributed by atoms with van der Waals surface area (Å²) < 4.78 is 10.3. The van der Waals surface area contributed by atoms with E-state index in [0.717, 1.165) is 11.8 Å². The Hall–Kier alpha value is -1.55. The molecule has 4 heteroatoms. The Morgan fingerprint density at radius 1 is 1.19 bits per heavy atom. The van der Waals surface area contributed by atoms with Crippen LogP contribution in [0.4, 0.5) is 0 Å². The van der Waals surface area contributed by atoms with E-state index in [4.69, 9.17) is 15.2 Å². The zero-order valence-corrected chi connectivity index (χ0v) is 10.0. The van der Waals surface area contributed by atoms with E-state index in [-0.39, 0.29) is 0 Å². The highest BCUT2D eigenvalue weighted by Gasteiger charge is 2.21. The molecule has 16 heavy (non-hydrogen) atoms. The van der Waals surface area contributed by atoms with Crippen molar-refractivity contribution < 1.29 is 14.3 Å². The molecule has 1 aromatic carbocycles. The molecule has 0 aliphatic heterocycles. The lowest BCUT2D eigenvalue weighted by Gasteiger charge is -2.22. The number of carbonyl (C=O) groups excluding carboxylic acids is 1. The lowest BCUT2D eigenvalue weighted by molar-refractivity contribution is 0.112. The van der Waals surface area contributed by atoms with Gasteiger partial charge in [-0.2, -0.15) is 0 Å². The first-order chi connectivity index (χ1) is 7.43. The van der Waals surface area contributed by atoms with E-state index in [2.05, 4.69) is 0 Å². The summed E-state index contributed by atoms with van der Waals surface area (Å²) in [5.41, 5.74) is 6.65. The molecule has 88 valence electrons. The maximum atomic E-state index is 11.0. The van der Waals surface area contributed by atoms with Crippen LogP contribution in [0.3, 0.4) is 0 Å². The van der Waals surface area contributed by atoms with Crippen LogP contribution < -0.4 is 15.2 Å². The monoisotopic (exact) mass is 223 g/mol. The van der Waals surface area contributed by atoms with Crippen LogP contribution in [-0.2, 0) is 5.54 Å². The number of aldehydes is 1. The molecule has 0 heterocycles. The number of ether oxygens (including phenoxy) is 2. The topological polar surface area (TPSA) is 61.5 Å². The highest BCUT2D eigenvalue weighted by Crippen LogP contribution is 2.33. The van der Waals surface area contributed by atoms with Gasteiger partial charge in [0.25, 0.3) is 0 Å². The average Bonchev–Trinajstić information content (AvgIpc) is 2.25. The molecule has 0 fully saturated rings. The molecule has 0 aliphatic carbocycles. The Balaban J connectivity index is 3.43. The summed E-state index contributed by atoms with van der Waals surface area (Å²) in [6.45, 7) is 3.67. The molecule has 0 bridgehead atoms. The Bertz CT molecular complexity index is 394. The highest BCUT2D eigenvalue weighted by atomic mass is 16.5. The van der Waals surface area contributed by atoms with Crippen molar-refractivity contribution in [2.24, 2.45) is 5.73 Å². The molecular formula is C12H17NO3. The van der Waals surface area contributed by atoms with E-state index in [1.807, 2.05) is 13.8 Å². The molecule has 0 aromatic heterocycles. The Labute approximate surface area is 95.3 Å². The highest BCUT2D eigenvalue weighted by molar-refractivity contribution is 5.80. The van der Waals surface area contributed by atoms with E-state index in [1.54, 1.807) is 19.2 Å². The predicted molar refractivity (Wildman–Crippen MR) is 62.1 cm³/mol. The Morgan fingerprint density at radius 2 is 1.69 bits per heavy atom. The molecule has 0 spiro atoms. The van der Waals surface area contributed by atoms with Crippen molar-refractivity contribution >= 4 is 6.29 Å². The van der Waals surface area contributed by atoms with Crippen LogP contribution in [0, 0.1) is 0 Å². The number of hydrogen-bond donors (Lipinski definition) is 1. The molecule has 0 amide bonds.